The van der Waals surface area contributed by atoms with E-state index in [-0.39, 0.29) is 5.91 Å². The van der Waals surface area contributed by atoms with E-state index < -0.39 is 6.10 Å². The van der Waals surface area contributed by atoms with Crippen LogP contribution in [0, 0.1) is 6.92 Å². The predicted octanol–water partition coefficient (Wildman–Crippen LogP) is 1.80. The van der Waals surface area contributed by atoms with Crippen LogP contribution in [0.2, 0.25) is 5.02 Å². The monoisotopic (exact) mass is 242 g/mol. The average molecular weight is 243 g/mol. The Morgan fingerprint density at radius 3 is 2.88 bits per heavy atom. The maximum Gasteiger partial charge on any atom is 0.274 e. The molecule has 0 aliphatic heterocycles. The highest BCUT2D eigenvalue weighted by molar-refractivity contribution is 6.32. The van der Waals surface area contributed by atoms with Crippen molar-refractivity contribution in [3.05, 3.63) is 28.8 Å². The summed E-state index contributed by atoms with van der Waals surface area (Å²) in [5.41, 5.74) is 3.08. The number of rotatable bonds is 4. The van der Waals surface area contributed by atoms with Gasteiger partial charge in [0, 0.05) is 0 Å². The Labute approximate surface area is 99.7 Å². The van der Waals surface area contributed by atoms with E-state index in [0.29, 0.717) is 17.2 Å². The number of nitrogens with two attached hydrogens (primary N) is 1. The number of hydrazine groups is 1. The fourth-order valence-electron chi connectivity index (χ4n) is 1.27. The Morgan fingerprint density at radius 2 is 2.31 bits per heavy atom. The first-order chi connectivity index (χ1) is 7.58. The number of aryl methyl sites for hydroxylation is 1. The summed E-state index contributed by atoms with van der Waals surface area (Å²) in [6.45, 7) is 3.76. The molecule has 0 aromatic heterocycles. The maximum absolute atomic E-state index is 11.3. The summed E-state index contributed by atoms with van der Waals surface area (Å²) in [6.07, 6.45) is -0.0999. The van der Waals surface area contributed by atoms with E-state index in [4.69, 9.17) is 22.2 Å². The molecule has 0 heterocycles. The Bertz CT molecular complexity index is 382. The first kappa shape index (κ1) is 12.8. The van der Waals surface area contributed by atoms with Crippen molar-refractivity contribution in [1.29, 1.82) is 0 Å². The van der Waals surface area contributed by atoms with Crippen molar-refractivity contribution in [3.8, 4) is 5.75 Å². The minimum atomic E-state index is -0.621. The molecule has 4 nitrogen and oxygen atoms in total. The lowest BCUT2D eigenvalue weighted by Gasteiger charge is -2.16. The number of amides is 1. The van der Waals surface area contributed by atoms with Crippen molar-refractivity contribution >= 4 is 17.5 Å². The summed E-state index contributed by atoms with van der Waals surface area (Å²) in [5, 5.41) is 0.480. The molecule has 0 spiro atoms. The molecule has 1 rings (SSSR count). The molecule has 0 fully saturated rings. The Kier molecular flexibility index (Phi) is 4.58. The molecule has 1 amide bonds. The molecule has 0 unspecified atom stereocenters. The number of ether oxygens (including phenoxy) is 1. The van der Waals surface area contributed by atoms with Crippen LogP contribution in [0.3, 0.4) is 0 Å². The lowest BCUT2D eigenvalue weighted by Crippen LogP contribution is -2.41. The van der Waals surface area contributed by atoms with Crippen LogP contribution in [0.1, 0.15) is 18.9 Å². The molecule has 0 saturated heterocycles. The van der Waals surface area contributed by atoms with Crippen LogP contribution < -0.4 is 16.0 Å². The molecule has 0 bridgehead atoms. The van der Waals surface area contributed by atoms with E-state index in [0.717, 1.165) is 5.56 Å². The van der Waals surface area contributed by atoms with Crippen LogP contribution >= 0.6 is 11.6 Å². The normalized spacial score (nSPS) is 12.0. The van der Waals surface area contributed by atoms with Crippen LogP contribution in [0.5, 0.6) is 5.75 Å². The van der Waals surface area contributed by atoms with Gasteiger partial charge in [-0.25, -0.2) is 5.84 Å². The van der Waals surface area contributed by atoms with Crippen LogP contribution in [-0.4, -0.2) is 12.0 Å². The zero-order valence-electron chi connectivity index (χ0n) is 9.29. The fourth-order valence-corrected chi connectivity index (χ4v) is 1.43. The summed E-state index contributed by atoms with van der Waals surface area (Å²) in [6, 6.07) is 5.40. The van der Waals surface area contributed by atoms with E-state index in [1.807, 2.05) is 19.9 Å². The number of nitrogens with one attached hydrogen (secondary N) is 1. The second-order valence-electron chi connectivity index (χ2n) is 3.46. The number of hydrogen-bond donors (Lipinski definition) is 2. The smallest absolute Gasteiger partial charge is 0.274 e. The second-order valence-corrected chi connectivity index (χ2v) is 3.86. The predicted molar refractivity (Wildman–Crippen MR) is 63.2 cm³/mol. The highest BCUT2D eigenvalue weighted by Crippen LogP contribution is 2.26. The van der Waals surface area contributed by atoms with E-state index in [1.165, 1.54) is 0 Å². The molecule has 16 heavy (non-hydrogen) atoms. The Morgan fingerprint density at radius 1 is 1.62 bits per heavy atom. The molecule has 1 aromatic rings. The van der Waals surface area contributed by atoms with Crippen molar-refractivity contribution < 1.29 is 9.53 Å². The van der Waals surface area contributed by atoms with Crippen molar-refractivity contribution in [2.24, 2.45) is 5.84 Å². The molecule has 1 atom stereocenters. The molecule has 5 heteroatoms. The average Bonchev–Trinajstić information content (AvgIpc) is 2.29. The molecular formula is C11H15ClN2O2. The second kappa shape index (κ2) is 5.72. The summed E-state index contributed by atoms with van der Waals surface area (Å²) in [4.78, 5) is 11.3. The van der Waals surface area contributed by atoms with Gasteiger partial charge in [0.1, 0.15) is 5.75 Å². The summed E-state index contributed by atoms with van der Waals surface area (Å²) in [5.74, 6) is 5.19. The van der Waals surface area contributed by atoms with E-state index in [9.17, 15) is 4.79 Å². The zero-order chi connectivity index (χ0) is 12.1. The quantitative estimate of drug-likeness (QED) is 0.481. The minimum absolute atomic E-state index is 0.361. The number of carbonyl (C=O) groups excluding carboxylic acids is 1. The van der Waals surface area contributed by atoms with Gasteiger partial charge in [-0.1, -0.05) is 24.6 Å². The lowest BCUT2D eigenvalue weighted by atomic mass is 10.2. The van der Waals surface area contributed by atoms with Gasteiger partial charge in [0.2, 0.25) is 0 Å². The van der Waals surface area contributed by atoms with E-state index >= 15 is 0 Å². The third-order valence-corrected chi connectivity index (χ3v) is 2.47. The third kappa shape index (κ3) is 3.12. The van der Waals surface area contributed by atoms with Gasteiger partial charge in [0.05, 0.1) is 5.02 Å². The van der Waals surface area contributed by atoms with Gasteiger partial charge in [-0.05, 0) is 31.0 Å². The highest BCUT2D eigenvalue weighted by Gasteiger charge is 2.18. The molecule has 88 valence electrons. The van der Waals surface area contributed by atoms with Gasteiger partial charge in [-0.3, -0.25) is 10.2 Å². The van der Waals surface area contributed by atoms with Crippen LogP contribution in [0.15, 0.2) is 18.2 Å². The van der Waals surface area contributed by atoms with Gasteiger partial charge in [0.25, 0.3) is 5.91 Å². The number of benzene rings is 1. The fraction of sp³-hybridized carbons (Fsp3) is 0.364. The van der Waals surface area contributed by atoms with Crippen molar-refractivity contribution in [3.63, 3.8) is 0 Å². The molecular weight excluding hydrogens is 228 g/mol. The minimum Gasteiger partial charge on any atom is -0.479 e. The summed E-state index contributed by atoms with van der Waals surface area (Å²) < 4.78 is 5.50. The molecule has 0 aliphatic rings. The zero-order valence-corrected chi connectivity index (χ0v) is 10.0. The third-order valence-electron chi connectivity index (χ3n) is 2.16. The first-order valence-electron chi connectivity index (χ1n) is 5.01. The maximum atomic E-state index is 11.3. The van der Waals surface area contributed by atoms with Crippen molar-refractivity contribution in [1.82, 2.24) is 5.43 Å². The van der Waals surface area contributed by atoms with Crippen LogP contribution in [0.4, 0.5) is 0 Å². The molecule has 0 saturated carbocycles. The van der Waals surface area contributed by atoms with Crippen LogP contribution in [-0.2, 0) is 4.79 Å². The SMILES string of the molecule is CC[C@H](Oc1cc(C)ccc1Cl)C(=O)NN. The van der Waals surface area contributed by atoms with E-state index in [2.05, 4.69) is 5.43 Å². The van der Waals surface area contributed by atoms with E-state index in [1.54, 1.807) is 12.1 Å². The van der Waals surface area contributed by atoms with Gasteiger partial charge < -0.3 is 4.74 Å². The van der Waals surface area contributed by atoms with Crippen LogP contribution in [0.25, 0.3) is 0 Å². The first-order valence-corrected chi connectivity index (χ1v) is 5.39. The highest BCUT2D eigenvalue weighted by atomic mass is 35.5. The molecule has 0 radical (unpaired) electrons. The van der Waals surface area contributed by atoms with Crippen molar-refractivity contribution in [2.75, 3.05) is 0 Å². The largest absolute Gasteiger partial charge is 0.479 e. The topological polar surface area (TPSA) is 64.3 Å². The Hall–Kier alpha value is -1.26. The lowest BCUT2D eigenvalue weighted by molar-refractivity contribution is -0.128. The number of halogens is 1. The van der Waals surface area contributed by atoms with Gasteiger partial charge in [-0.15, -0.1) is 0 Å². The molecule has 1 aromatic carbocycles. The number of carbonyl (C=O) groups is 1. The van der Waals surface area contributed by atoms with Gasteiger partial charge >= 0.3 is 0 Å². The summed E-state index contributed by atoms with van der Waals surface area (Å²) in [7, 11) is 0. The van der Waals surface area contributed by atoms with Crippen molar-refractivity contribution in [2.45, 2.75) is 26.4 Å². The number of hydrogen-bond acceptors (Lipinski definition) is 3. The van der Waals surface area contributed by atoms with Gasteiger partial charge in [0.15, 0.2) is 6.10 Å². The molecule has 3 N–H and O–H groups in total. The molecule has 0 aliphatic carbocycles. The van der Waals surface area contributed by atoms with Gasteiger partial charge in [-0.2, -0.15) is 0 Å². The summed E-state index contributed by atoms with van der Waals surface area (Å²) >= 11 is 5.96. The Balaban J connectivity index is 2.85. The standard InChI is InChI=1S/C11H15ClN2O2/c1-3-9(11(15)14-13)16-10-6-7(2)4-5-8(10)12/h4-6,9H,3,13H2,1-2H3,(H,14,15)/t9-/m0/s1.